The average molecular weight is 278 g/mol. The molecule has 6 heteroatoms. The first-order valence-electron chi connectivity index (χ1n) is 6.90. The molecule has 6 nitrogen and oxygen atoms in total. The van der Waals surface area contributed by atoms with Gasteiger partial charge in [-0.3, -0.25) is 4.79 Å². The number of hydrogen-bond acceptors (Lipinski definition) is 5. The molecule has 20 heavy (non-hydrogen) atoms. The van der Waals surface area contributed by atoms with Crippen molar-refractivity contribution in [2.75, 3.05) is 25.7 Å². The summed E-state index contributed by atoms with van der Waals surface area (Å²) in [4.78, 5) is 18.6. The number of amides is 1. The van der Waals surface area contributed by atoms with Gasteiger partial charge in [-0.25, -0.2) is 10.8 Å². The molecule has 1 unspecified atom stereocenters. The van der Waals surface area contributed by atoms with Crippen LogP contribution in [0.25, 0.3) is 0 Å². The SMILES string of the molecule is COCCN(C(=O)c1ccc(NN)nc1)C(C)C1CC1. The normalized spacial score (nSPS) is 15.8. The molecule has 0 saturated heterocycles. The molecule has 1 fully saturated rings. The van der Waals surface area contributed by atoms with Gasteiger partial charge in [0, 0.05) is 25.9 Å². The maximum Gasteiger partial charge on any atom is 0.255 e. The van der Waals surface area contributed by atoms with Gasteiger partial charge in [0.25, 0.3) is 5.91 Å². The van der Waals surface area contributed by atoms with Gasteiger partial charge in [0.15, 0.2) is 0 Å². The quantitative estimate of drug-likeness (QED) is 0.579. The molecule has 0 bridgehead atoms. The monoisotopic (exact) mass is 278 g/mol. The Bertz CT molecular complexity index is 445. The number of hydrazine groups is 1. The zero-order valence-electron chi connectivity index (χ0n) is 12.0. The first kappa shape index (κ1) is 14.7. The number of aromatic nitrogens is 1. The molecule has 0 radical (unpaired) electrons. The Morgan fingerprint density at radius 2 is 2.35 bits per heavy atom. The molecular formula is C14H22N4O2. The maximum absolute atomic E-state index is 12.6. The largest absolute Gasteiger partial charge is 0.383 e. The van der Waals surface area contributed by atoms with Crippen LogP contribution >= 0.6 is 0 Å². The Morgan fingerprint density at radius 1 is 1.60 bits per heavy atom. The molecule has 1 aliphatic rings. The number of anilines is 1. The van der Waals surface area contributed by atoms with Gasteiger partial charge >= 0.3 is 0 Å². The Morgan fingerprint density at radius 3 is 2.85 bits per heavy atom. The number of ether oxygens (including phenoxy) is 1. The topological polar surface area (TPSA) is 80.5 Å². The van der Waals surface area contributed by atoms with Gasteiger partial charge in [-0.15, -0.1) is 0 Å². The lowest BCUT2D eigenvalue weighted by Crippen LogP contribution is -2.42. The predicted octanol–water partition coefficient (Wildman–Crippen LogP) is 1.25. The van der Waals surface area contributed by atoms with Gasteiger partial charge < -0.3 is 15.1 Å². The van der Waals surface area contributed by atoms with Crippen molar-refractivity contribution in [3.63, 3.8) is 0 Å². The highest BCUT2D eigenvalue weighted by Gasteiger charge is 2.34. The van der Waals surface area contributed by atoms with E-state index in [1.807, 2.05) is 4.90 Å². The summed E-state index contributed by atoms with van der Waals surface area (Å²) in [5.74, 6) is 6.43. The average Bonchev–Trinajstić information content (AvgIpc) is 3.32. The van der Waals surface area contributed by atoms with Crippen LogP contribution in [0.4, 0.5) is 5.82 Å². The molecule has 1 aromatic rings. The third-order valence-corrected chi connectivity index (χ3v) is 3.75. The van der Waals surface area contributed by atoms with Crippen LogP contribution in [-0.2, 0) is 4.74 Å². The van der Waals surface area contributed by atoms with Crippen LogP contribution in [0.1, 0.15) is 30.1 Å². The first-order valence-corrected chi connectivity index (χ1v) is 6.90. The summed E-state index contributed by atoms with van der Waals surface area (Å²) < 4.78 is 5.11. The number of nitrogens with one attached hydrogen (secondary N) is 1. The van der Waals surface area contributed by atoms with E-state index in [9.17, 15) is 4.79 Å². The van der Waals surface area contributed by atoms with Gasteiger partial charge in [-0.05, 0) is 37.8 Å². The lowest BCUT2D eigenvalue weighted by atomic mass is 10.1. The van der Waals surface area contributed by atoms with Crippen LogP contribution in [0, 0.1) is 5.92 Å². The van der Waals surface area contributed by atoms with E-state index < -0.39 is 0 Å². The molecular weight excluding hydrogens is 256 g/mol. The van der Waals surface area contributed by atoms with Crippen molar-refractivity contribution in [2.45, 2.75) is 25.8 Å². The van der Waals surface area contributed by atoms with Crippen LogP contribution in [0.2, 0.25) is 0 Å². The smallest absolute Gasteiger partial charge is 0.255 e. The number of pyridine rings is 1. The van der Waals surface area contributed by atoms with Crippen LogP contribution in [-0.4, -0.2) is 42.1 Å². The van der Waals surface area contributed by atoms with E-state index in [1.165, 1.54) is 12.8 Å². The lowest BCUT2D eigenvalue weighted by Gasteiger charge is -2.29. The zero-order valence-corrected chi connectivity index (χ0v) is 12.0. The lowest BCUT2D eigenvalue weighted by molar-refractivity contribution is 0.0594. The highest BCUT2D eigenvalue weighted by molar-refractivity contribution is 5.94. The minimum absolute atomic E-state index is 0.00229. The molecule has 0 spiro atoms. The van der Waals surface area contributed by atoms with Gasteiger partial charge in [0.2, 0.25) is 0 Å². The number of methoxy groups -OCH3 is 1. The number of carbonyl (C=O) groups is 1. The Hall–Kier alpha value is -1.66. The highest BCUT2D eigenvalue weighted by Crippen LogP contribution is 2.35. The second-order valence-corrected chi connectivity index (χ2v) is 5.15. The molecule has 1 amide bonds. The Labute approximate surface area is 119 Å². The summed E-state index contributed by atoms with van der Waals surface area (Å²) >= 11 is 0. The summed E-state index contributed by atoms with van der Waals surface area (Å²) in [7, 11) is 1.65. The van der Waals surface area contributed by atoms with Crippen molar-refractivity contribution in [1.82, 2.24) is 9.88 Å². The minimum atomic E-state index is -0.00229. The number of carbonyl (C=O) groups excluding carboxylic acids is 1. The highest BCUT2D eigenvalue weighted by atomic mass is 16.5. The van der Waals surface area contributed by atoms with Crippen molar-refractivity contribution in [3.05, 3.63) is 23.9 Å². The van der Waals surface area contributed by atoms with Crippen LogP contribution < -0.4 is 11.3 Å². The molecule has 1 aromatic heterocycles. The molecule has 1 aliphatic carbocycles. The number of nitrogen functional groups attached to an aromatic ring is 1. The van der Waals surface area contributed by atoms with Crippen LogP contribution in [0.3, 0.4) is 0 Å². The summed E-state index contributed by atoms with van der Waals surface area (Å²) in [5.41, 5.74) is 3.03. The third kappa shape index (κ3) is 3.46. The van der Waals surface area contributed by atoms with E-state index in [1.54, 1.807) is 25.4 Å². The fraction of sp³-hybridized carbons (Fsp3) is 0.571. The molecule has 1 heterocycles. The Kier molecular flexibility index (Phi) is 4.92. The summed E-state index contributed by atoms with van der Waals surface area (Å²) in [6.07, 6.45) is 3.95. The van der Waals surface area contributed by atoms with E-state index in [-0.39, 0.29) is 11.9 Å². The molecule has 3 N–H and O–H groups in total. The standard InChI is InChI=1S/C14H22N4O2/c1-10(11-3-4-11)18(7-8-20-2)14(19)12-5-6-13(17-15)16-9-12/h5-6,9-11H,3-4,7-8,15H2,1-2H3,(H,16,17). The zero-order chi connectivity index (χ0) is 14.5. The number of rotatable bonds is 7. The second-order valence-electron chi connectivity index (χ2n) is 5.15. The summed E-state index contributed by atoms with van der Waals surface area (Å²) in [6, 6.07) is 3.68. The molecule has 2 rings (SSSR count). The van der Waals surface area contributed by atoms with Crippen molar-refractivity contribution >= 4 is 11.7 Å². The first-order chi connectivity index (χ1) is 9.67. The van der Waals surface area contributed by atoms with Gasteiger partial charge in [-0.1, -0.05) is 0 Å². The fourth-order valence-corrected chi connectivity index (χ4v) is 2.28. The van der Waals surface area contributed by atoms with Gasteiger partial charge in [-0.2, -0.15) is 0 Å². The third-order valence-electron chi connectivity index (χ3n) is 3.75. The van der Waals surface area contributed by atoms with Crippen molar-refractivity contribution in [3.8, 4) is 0 Å². The van der Waals surface area contributed by atoms with Crippen molar-refractivity contribution in [2.24, 2.45) is 11.8 Å². The number of hydrogen-bond donors (Lipinski definition) is 2. The molecule has 1 atom stereocenters. The summed E-state index contributed by atoms with van der Waals surface area (Å²) in [6.45, 7) is 3.25. The molecule has 0 aliphatic heterocycles. The van der Waals surface area contributed by atoms with E-state index in [2.05, 4.69) is 17.3 Å². The van der Waals surface area contributed by atoms with Crippen LogP contribution in [0.15, 0.2) is 18.3 Å². The molecule has 0 aromatic carbocycles. The molecule has 1 saturated carbocycles. The predicted molar refractivity (Wildman–Crippen MR) is 77.1 cm³/mol. The maximum atomic E-state index is 12.6. The van der Waals surface area contributed by atoms with E-state index in [0.29, 0.717) is 30.5 Å². The number of nitrogens with two attached hydrogens (primary N) is 1. The molecule has 110 valence electrons. The van der Waals surface area contributed by atoms with Gasteiger partial charge in [0.05, 0.1) is 12.2 Å². The Balaban J connectivity index is 2.10. The van der Waals surface area contributed by atoms with E-state index >= 15 is 0 Å². The van der Waals surface area contributed by atoms with E-state index in [0.717, 1.165) is 0 Å². The van der Waals surface area contributed by atoms with E-state index in [4.69, 9.17) is 10.6 Å². The van der Waals surface area contributed by atoms with Gasteiger partial charge in [0.1, 0.15) is 5.82 Å². The minimum Gasteiger partial charge on any atom is -0.383 e. The van der Waals surface area contributed by atoms with Crippen molar-refractivity contribution in [1.29, 1.82) is 0 Å². The van der Waals surface area contributed by atoms with Crippen LogP contribution in [0.5, 0.6) is 0 Å². The van der Waals surface area contributed by atoms with Crippen molar-refractivity contribution < 1.29 is 9.53 Å². The summed E-state index contributed by atoms with van der Waals surface area (Å²) in [5, 5.41) is 0. The fourth-order valence-electron chi connectivity index (χ4n) is 2.28. The second kappa shape index (κ2) is 6.67. The number of nitrogens with zero attached hydrogens (tertiary/aromatic N) is 2.